The Morgan fingerprint density at radius 1 is 0.538 bits per heavy atom. The Labute approximate surface area is 231 Å². The molecule has 0 spiro atoms. The molecule has 0 saturated heterocycles. The van der Waals surface area contributed by atoms with Crippen LogP contribution in [0, 0.1) is 0 Å². The SMILES string of the molecule is COc1ccc(C(C)(C)c2ccc(OCOc3ccc(C(C)(C)c4ccc(OC(C)=O)cc4)cc3)cc2)cc1. The second kappa shape index (κ2) is 11.6. The average Bonchev–Trinajstić information content (AvgIpc) is 2.93. The van der Waals surface area contributed by atoms with Crippen LogP contribution < -0.4 is 18.9 Å². The van der Waals surface area contributed by atoms with Crippen molar-refractivity contribution in [3.63, 3.8) is 0 Å². The minimum absolute atomic E-state index is 0.113. The Morgan fingerprint density at radius 3 is 1.15 bits per heavy atom. The number of carbonyl (C=O) groups excluding carboxylic acids is 1. The van der Waals surface area contributed by atoms with Crippen molar-refractivity contribution in [2.45, 2.75) is 45.4 Å². The average molecular weight is 525 g/mol. The highest BCUT2D eigenvalue weighted by atomic mass is 16.7. The fraction of sp³-hybridized carbons (Fsp3) is 0.265. The van der Waals surface area contributed by atoms with Crippen molar-refractivity contribution in [1.29, 1.82) is 0 Å². The summed E-state index contributed by atoms with van der Waals surface area (Å²) in [5.41, 5.74) is 4.29. The summed E-state index contributed by atoms with van der Waals surface area (Å²) in [6.07, 6.45) is 0. The van der Waals surface area contributed by atoms with E-state index >= 15 is 0 Å². The molecule has 202 valence electrons. The van der Waals surface area contributed by atoms with E-state index in [-0.39, 0.29) is 23.6 Å². The van der Waals surface area contributed by atoms with Crippen LogP contribution in [0.1, 0.15) is 56.9 Å². The van der Waals surface area contributed by atoms with Gasteiger partial charge in [0, 0.05) is 17.8 Å². The number of hydrogen-bond acceptors (Lipinski definition) is 5. The van der Waals surface area contributed by atoms with E-state index in [4.69, 9.17) is 18.9 Å². The third kappa shape index (κ3) is 6.61. The van der Waals surface area contributed by atoms with Gasteiger partial charge in [0.15, 0.2) is 0 Å². The van der Waals surface area contributed by atoms with E-state index in [0.29, 0.717) is 5.75 Å². The van der Waals surface area contributed by atoms with E-state index < -0.39 is 0 Å². The van der Waals surface area contributed by atoms with Crippen LogP contribution in [0.15, 0.2) is 97.1 Å². The van der Waals surface area contributed by atoms with Crippen LogP contribution >= 0.6 is 0 Å². The third-order valence-electron chi connectivity index (χ3n) is 7.25. The van der Waals surface area contributed by atoms with Gasteiger partial charge in [-0.05, 0) is 70.8 Å². The highest BCUT2D eigenvalue weighted by molar-refractivity contribution is 5.69. The normalized spacial score (nSPS) is 11.5. The topological polar surface area (TPSA) is 54.0 Å². The fourth-order valence-corrected chi connectivity index (χ4v) is 4.55. The van der Waals surface area contributed by atoms with Crippen LogP contribution in [0.4, 0.5) is 0 Å². The van der Waals surface area contributed by atoms with Crippen LogP contribution in [-0.2, 0) is 15.6 Å². The molecule has 0 unspecified atom stereocenters. The molecule has 0 heterocycles. The molecule has 0 aliphatic carbocycles. The monoisotopic (exact) mass is 524 g/mol. The van der Waals surface area contributed by atoms with Crippen LogP contribution in [0.3, 0.4) is 0 Å². The standard InChI is InChI=1S/C34H36O5/c1-24(35)39-32-21-13-28(14-22-32)34(4,5)27-11-19-31(20-12-27)38-23-37-30-17-9-26(10-18-30)33(2,3)25-7-15-29(36-6)16-8-25/h7-22H,23H2,1-6H3. The Kier molecular flexibility index (Phi) is 8.29. The second-order valence-electron chi connectivity index (χ2n) is 10.6. The lowest BCUT2D eigenvalue weighted by Gasteiger charge is -2.26. The minimum Gasteiger partial charge on any atom is -0.497 e. The quantitative estimate of drug-likeness (QED) is 0.121. The zero-order valence-corrected chi connectivity index (χ0v) is 23.5. The molecular formula is C34H36O5. The van der Waals surface area contributed by atoms with Crippen molar-refractivity contribution >= 4 is 5.97 Å². The Hall–Kier alpha value is -4.25. The maximum absolute atomic E-state index is 11.2. The molecule has 0 atom stereocenters. The zero-order valence-electron chi connectivity index (χ0n) is 23.5. The highest BCUT2D eigenvalue weighted by Gasteiger charge is 2.24. The number of carbonyl (C=O) groups is 1. The van der Waals surface area contributed by atoms with Crippen molar-refractivity contribution in [3.05, 3.63) is 119 Å². The molecule has 5 heteroatoms. The Bertz CT molecular complexity index is 1370. The van der Waals surface area contributed by atoms with Gasteiger partial charge in [0.05, 0.1) is 7.11 Å². The number of benzene rings is 4. The highest BCUT2D eigenvalue weighted by Crippen LogP contribution is 2.34. The van der Waals surface area contributed by atoms with Crippen LogP contribution in [-0.4, -0.2) is 19.9 Å². The smallest absolute Gasteiger partial charge is 0.308 e. The van der Waals surface area contributed by atoms with Crippen molar-refractivity contribution in [3.8, 4) is 23.0 Å². The largest absolute Gasteiger partial charge is 0.497 e. The Balaban J connectivity index is 1.33. The number of ether oxygens (including phenoxy) is 4. The maximum Gasteiger partial charge on any atom is 0.308 e. The zero-order chi connectivity index (χ0) is 28.0. The van der Waals surface area contributed by atoms with Gasteiger partial charge in [-0.15, -0.1) is 0 Å². The lowest BCUT2D eigenvalue weighted by Crippen LogP contribution is -2.19. The molecule has 0 aliphatic heterocycles. The van der Waals surface area contributed by atoms with E-state index in [9.17, 15) is 4.79 Å². The molecule has 0 bridgehead atoms. The fourth-order valence-electron chi connectivity index (χ4n) is 4.55. The Morgan fingerprint density at radius 2 is 0.846 bits per heavy atom. The molecule has 0 N–H and O–H groups in total. The first-order valence-corrected chi connectivity index (χ1v) is 13.0. The minimum atomic E-state index is -0.327. The van der Waals surface area contributed by atoms with Gasteiger partial charge < -0.3 is 18.9 Å². The van der Waals surface area contributed by atoms with E-state index in [0.717, 1.165) is 28.4 Å². The van der Waals surface area contributed by atoms with Crippen LogP contribution in [0.2, 0.25) is 0 Å². The lowest BCUT2D eigenvalue weighted by atomic mass is 9.78. The summed E-state index contributed by atoms with van der Waals surface area (Å²) in [6.45, 7) is 10.2. The van der Waals surface area contributed by atoms with E-state index in [1.165, 1.54) is 18.1 Å². The van der Waals surface area contributed by atoms with Gasteiger partial charge in [-0.3, -0.25) is 4.79 Å². The summed E-state index contributed by atoms with van der Waals surface area (Å²) < 4.78 is 22.1. The van der Waals surface area contributed by atoms with Gasteiger partial charge in [0.25, 0.3) is 0 Å². The molecule has 0 fully saturated rings. The van der Waals surface area contributed by atoms with E-state index in [1.807, 2.05) is 60.7 Å². The van der Waals surface area contributed by atoms with Gasteiger partial charge >= 0.3 is 5.97 Å². The third-order valence-corrected chi connectivity index (χ3v) is 7.25. The lowest BCUT2D eigenvalue weighted by molar-refractivity contribution is -0.131. The first-order valence-electron chi connectivity index (χ1n) is 13.0. The summed E-state index contributed by atoms with van der Waals surface area (Å²) in [5, 5.41) is 0. The van der Waals surface area contributed by atoms with Crippen molar-refractivity contribution in [2.24, 2.45) is 0 Å². The van der Waals surface area contributed by atoms with Crippen LogP contribution in [0.5, 0.6) is 23.0 Å². The molecule has 0 aromatic heterocycles. The van der Waals surface area contributed by atoms with E-state index in [2.05, 4.69) is 64.1 Å². The summed E-state index contributed by atoms with van der Waals surface area (Å²) >= 11 is 0. The van der Waals surface area contributed by atoms with Crippen LogP contribution in [0.25, 0.3) is 0 Å². The molecule has 4 aromatic carbocycles. The van der Waals surface area contributed by atoms with Crippen molar-refractivity contribution in [2.75, 3.05) is 13.9 Å². The van der Waals surface area contributed by atoms with Gasteiger partial charge in [0.2, 0.25) is 6.79 Å². The molecule has 0 aliphatic rings. The number of hydrogen-bond donors (Lipinski definition) is 0. The van der Waals surface area contributed by atoms with Gasteiger partial charge in [0.1, 0.15) is 23.0 Å². The van der Waals surface area contributed by atoms with Crippen molar-refractivity contribution < 1.29 is 23.7 Å². The van der Waals surface area contributed by atoms with Gasteiger partial charge in [-0.1, -0.05) is 76.2 Å². The summed E-state index contributed by atoms with van der Waals surface area (Å²) in [5.74, 6) is 2.55. The maximum atomic E-state index is 11.2. The molecule has 5 nitrogen and oxygen atoms in total. The predicted molar refractivity (Wildman–Crippen MR) is 154 cm³/mol. The molecule has 0 amide bonds. The second-order valence-corrected chi connectivity index (χ2v) is 10.6. The van der Waals surface area contributed by atoms with Gasteiger partial charge in [-0.25, -0.2) is 0 Å². The van der Waals surface area contributed by atoms with E-state index in [1.54, 1.807) is 7.11 Å². The molecule has 4 rings (SSSR count). The molecule has 0 saturated carbocycles. The molecule has 39 heavy (non-hydrogen) atoms. The molecule has 0 radical (unpaired) electrons. The summed E-state index contributed by atoms with van der Waals surface area (Å²) in [4.78, 5) is 11.2. The summed E-state index contributed by atoms with van der Waals surface area (Å²) in [7, 11) is 1.68. The first kappa shape index (κ1) is 27.8. The summed E-state index contributed by atoms with van der Waals surface area (Å²) in [6, 6.07) is 32.0. The van der Waals surface area contributed by atoms with Gasteiger partial charge in [-0.2, -0.15) is 0 Å². The number of methoxy groups -OCH3 is 1. The number of esters is 1. The predicted octanol–water partition coefficient (Wildman–Crippen LogP) is 7.69. The molecule has 4 aromatic rings. The molecular weight excluding hydrogens is 488 g/mol. The van der Waals surface area contributed by atoms with Crippen molar-refractivity contribution in [1.82, 2.24) is 0 Å². The first-order chi connectivity index (χ1) is 18.6. The number of rotatable bonds is 10.